The quantitative estimate of drug-likeness (QED) is 0.759. The van der Waals surface area contributed by atoms with E-state index in [1.165, 1.54) is 12.0 Å². The van der Waals surface area contributed by atoms with E-state index >= 15 is 0 Å². The van der Waals surface area contributed by atoms with Crippen LogP contribution in [-0.4, -0.2) is 50.7 Å². The predicted molar refractivity (Wildman–Crippen MR) is 88.1 cm³/mol. The number of amides is 2. The second-order valence-corrected chi connectivity index (χ2v) is 9.15. The van der Waals surface area contributed by atoms with Crippen molar-refractivity contribution in [2.45, 2.75) is 56.6 Å². The zero-order chi connectivity index (χ0) is 16.3. The van der Waals surface area contributed by atoms with Crippen molar-refractivity contribution in [3.63, 3.8) is 0 Å². The molecule has 7 heteroatoms. The van der Waals surface area contributed by atoms with E-state index in [2.05, 4.69) is 16.7 Å². The number of ether oxygens (including phenoxy) is 1. The van der Waals surface area contributed by atoms with E-state index in [4.69, 9.17) is 4.74 Å². The Hall–Kier alpha value is -1.08. The van der Waals surface area contributed by atoms with Gasteiger partial charge >= 0.3 is 6.03 Å². The van der Waals surface area contributed by atoms with Crippen LogP contribution in [0, 0.1) is 0 Å². The molecule has 0 unspecified atom stereocenters. The molecule has 0 bridgehead atoms. The van der Waals surface area contributed by atoms with Crippen LogP contribution in [0.2, 0.25) is 0 Å². The van der Waals surface area contributed by atoms with Gasteiger partial charge in [0.2, 0.25) is 0 Å². The number of carbonyl (C=O) groups excluding carboxylic acids is 1. The van der Waals surface area contributed by atoms with Gasteiger partial charge < -0.3 is 15.4 Å². The van der Waals surface area contributed by atoms with E-state index < -0.39 is 15.4 Å². The molecule has 1 aliphatic carbocycles. The molecule has 2 N–H and O–H groups in total. The largest absolute Gasteiger partial charge is 0.374 e. The lowest BCUT2D eigenvalue weighted by molar-refractivity contribution is -0.0687. The molecular formula is C16H26N2O4S. The van der Waals surface area contributed by atoms with Crippen LogP contribution in [0.3, 0.4) is 0 Å². The molecule has 3 aliphatic rings. The fraction of sp³-hybridized carbons (Fsp3) is 0.812. The van der Waals surface area contributed by atoms with Crippen LogP contribution in [0.15, 0.2) is 11.6 Å². The number of sulfone groups is 1. The van der Waals surface area contributed by atoms with Crippen LogP contribution >= 0.6 is 0 Å². The maximum Gasteiger partial charge on any atom is 0.315 e. The Bertz CT molecular complexity index is 587. The van der Waals surface area contributed by atoms with Crippen molar-refractivity contribution in [3.05, 3.63) is 11.6 Å². The topological polar surface area (TPSA) is 84.5 Å². The maximum absolute atomic E-state index is 12.0. The van der Waals surface area contributed by atoms with Gasteiger partial charge in [-0.3, -0.25) is 0 Å². The van der Waals surface area contributed by atoms with Crippen molar-refractivity contribution in [1.82, 2.24) is 10.6 Å². The van der Waals surface area contributed by atoms with Gasteiger partial charge in [0.1, 0.15) is 0 Å². The van der Waals surface area contributed by atoms with Gasteiger partial charge in [0.25, 0.3) is 0 Å². The van der Waals surface area contributed by atoms with E-state index in [9.17, 15) is 13.2 Å². The molecule has 6 nitrogen and oxygen atoms in total. The van der Waals surface area contributed by atoms with Crippen molar-refractivity contribution in [3.8, 4) is 0 Å². The van der Waals surface area contributed by atoms with Gasteiger partial charge in [-0.05, 0) is 44.9 Å². The first-order valence-electron chi connectivity index (χ1n) is 8.53. The highest BCUT2D eigenvalue weighted by Gasteiger charge is 2.46. The predicted octanol–water partition coefficient (Wildman–Crippen LogP) is 1.52. The van der Waals surface area contributed by atoms with Gasteiger partial charge in [-0.25, -0.2) is 13.2 Å². The molecule has 3 rings (SSSR count). The van der Waals surface area contributed by atoms with Crippen LogP contribution < -0.4 is 10.6 Å². The van der Waals surface area contributed by atoms with Crippen LogP contribution in [0.4, 0.5) is 4.79 Å². The Balaban J connectivity index is 1.43. The van der Waals surface area contributed by atoms with Gasteiger partial charge in [-0.1, -0.05) is 11.6 Å². The Morgan fingerprint density at radius 2 is 2.30 bits per heavy atom. The number of rotatable bonds is 4. The molecule has 2 saturated heterocycles. The molecule has 0 aromatic rings. The highest BCUT2D eigenvalue weighted by molar-refractivity contribution is 7.91. The van der Waals surface area contributed by atoms with Crippen LogP contribution in [0.1, 0.15) is 44.9 Å². The van der Waals surface area contributed by atoms with Gasteiger partial charge in [-0.2, -0.15) is 0 Å². The Labute approximate surface area is 138 Å². The summed E-state index contributed by atoms with van der Waals surface area (Å²) < 4.78 is 29.2. The molecule has 0 radical (unpaired) electrons. The minimum absolute atomic E-state index is 0.0113. The van der Waals surface area contributed by atoms with Gasteiger partial charge in [0, 0.05) is 19.2 Å². The smallest absolute Gasteiger partial charge is 0.315 e. The van der Waals surface area contributed by atoms with Crippen molar-refractivity contribution in [1.29, 1.82) is 0 Å². The molecule has 0 aromatic heterocycles. The summed E-state index contributed by atoms with van der Waals surface area (Å²) in [5, 5.41) is 5.88. The summed E-state index contributed by atoms with van der Waals surface area (Å²) in [4.78, 5) is 12.0. The van der Waals surface area contributed by atoms with Gasteiger partial charge in [-0.15, -0.1) is 0 Å². The zero-order valence-electron chi connectivity index (χ0n) is 13.5. The van der Waals surface area contributed by atoms with Crippen LogP contribution in [0.25, 0.3) is 0 Å². The molecule has 130 valence electrons. The zero-order valence-corrected chi connectivity index (χ0v) is 14.3. The van der Waals surface area contributed by atoms with E-state index in [0.29, 0.717) is 26.0 Å². The molecule has 2 amide bonds. The summed E-state index contributed by atoms with van der Waals surface area (Å²) >= 11 is 0. The van der Waals surface area contributed by atoms with Crippen LogP contribution in [0.5, 0.6) is 0 Å². The lowest BCUT2D eigenvalue weighted by Gasteiger charge is -2.37. The monoisotopic (exact) mass is 342 g/mol. The first-order chi connectivity index (χ1) is 11.0. The minimum Gasteiger partial charge on any atom is -0.374 e. The Morgan fingerprint density at radius 1 is 1.43 bits per heavy atom. The Morgan fingerprint density at radius 3 is 3.00 bits per heavy atom. The molecule has 2 heterocycles. The SMILES string of the molecule is O=C(NCCC1=CCCC1)N[C@H]1CCO[C@@]2(CCS(=O)(=O)C2)C1. The van der Waals surface area contributed by atoms with Crippen molar-refractivity contribution < 1.29 is 17.9 Å². The van der Waals surface area contributed by atoms with E-state index in [0.717, 1.165) is 25.7 Å². The summed E-state index contributed by atoms with van der Waals surface area (Å²) in [5.74, 6) is 0.287. The molecule has 0 aromatic carbocycles. The van der Waals surface area contributed by atoms with Gasteiger partial charge in [0.15, 0.2) is 9.84 Å². The van der Waals surface area contributed by atoms with E-state index in [-0.39, 0.29) is 23.6 Å². The lowest BCUT2D eigenvalue weighted by atomic mass is 9.90. The molecule has 2 aliphatic heterocycles. The molecule has 0 saturated carbocycles. The van der Waals surface area contributed by atoms with Crippen molar-refractivity contribution in [2.24, 2.45) is 0 Å². The summed E-state index contributed by atoms with van der Waals surface area (Å²) in [6, 6.07) is -0.172. The summed E-state index contributed by atoms with van der Waals surface area (Å²) in [7, 11) is -2.99. The van der Waals surface area contributed by atoms with Crippen molar-refractivity contribution >= 4 is 15.9 Å². The fourth-order valence-electron chi connectivity index (χ4n) is 3.85. The third-order valence-corrected chi connectivity index (χ3v) is 6.84. The summed E-state index contributed by atoms with van der Waals surface area (Å²) in [6.45, 7) is 1.16. The van der Waals surface area contributed by atoms with Gasteiger partial charge in [0.05, 0.1) is 17.1 Å². The van der Waals surface area contributed by atoms with Crippen LogP contribution in [-0.2, 0) is 14.6 Å². The lowest BCUT2D eigenvalue weighted by Crippen LogP contribution is -2.51. The second-order valence-electron chi connectivity index (χ2n) is 6.97. The van der Waals surface area contributed by atoms with E-state index in [1.54, 1.807) is 0 Å². The third-order valence-electron chi connectivity index (χ3n) is 5.05. The minimum atomic E-state index is -2.99. The van der Waals surface area contributed by atoms with Crippen molar-refractivity contribution in [2.75, 3.05) is 24.7 Å². The average Bonchev–Trinajstić information content (AvgIpc) is 3.07. The third kappa shape index (κ3) is 4.47. The number of urea groups is 1. The number of carbonyl (C=O) groups is 1. The first-order valence-corrected chi connectivity index (χ1v) is 10.4. The molecule has 2 atom stereocenters. The molecular weight excluding hydrogens is 316 g/mol. The number of nitrogens with one attached hydrogen (secondary N) is 2. The average molecular weight is 342 g/mol. The van der Waals surface area contributed by atoms with E-state index in [1.807, 2.05) is 0 Å². The molecule has 1 spiro atoms. The molecule has 23 heavy (non-hydrogen) atoms. The summed E-state index contributed by atoms with van der Waals surface area (Å²) in [5.41, 5.74) is 0.857. The standard InChI is InChI=1S/C16H26N2O4S/c19-15(17-8-5-13-3-1-2-4-13)18-14-6-9-22-16(11-14)7-10-23(20,21)12-16/h3,14H,1-2,4-12H2,(H2,17,18,19)/t14-,16-/m0/s1. The highest BCUT2D eigenvalue weighted by atomic mass is 32.2. The number of hydrogen-bond donors (Lipinski definition) is 2. The summed E-state index contributed by atoms with van der Waals surface area (Å²) in [6.07, 6.45) is 8.60. The second kappa shape index (κ2) is 6.81. The normalized spacial score (nSPS) is 32.7. The number of allylic oxidation sites excluding steroid dienone is 1. The Kier molecular flexibility index (Phi) is 4.96. The highest BCUT2D eigenvalue weighted by Crippen LogP contribution is 2.35. The first kappa shape index (κ1) is 16.8. The fourth-order valence-corrected chi connectivity index (χ4v) is 5.82. The number of hydrogen-bond acceptors (Lipinski definition) is 4. The molecule has 2 fully saturated rings. The maximum atomic E-state index is 12.0.